The Labute approximate surface area is 122 Å². The molecule has 2 heteroatoms. The number of nitrogens with one attached hydrogen (secondary N) is 1. The molecule has 0 saturated heterocycles. The summed E-state index contributed by atoms with van der Waals surface area (Å²) in [5.41, 5.74) is 3.84. The molecule has 0 amide bonds. The van der Waals surface area contributed by atoms with Gasteiger partial charge in [0.25, 0.3) is 0 Å². The molecule has 1 atom stereocenters. The quantitative estimate of drug-likeness (QED) is 0.819. The summed E-state index contributed by atoms with van der Waals surface area (Å²) in [7, 11) is 0. The van der Waals surface area contributed by atoms with Gasteiger partial charge in [-0.05, 0) is 56.0 Å². The first-order valence-corrected chi connectivity index (χ1v) is 7.49. The van der Waals surface area contributed by atoms with Crippen LogP contribution in [0.3, 0.4) is 0 Å². The lowest BCUT2D eigenvalue weighted by Gasteiger charge is -2.19. The maximum atomic E-state index is 4.29. The van der Waals surface area contributed by atoms with Crippen LogP contribution in [0.25, 0.3) is 0 Å². The first-order chi connectivity index (χ1) is 9.79. The summed E-state index contributed by atoms with van der Waals surface area (Å²) in [6, 6.07) is 15.4. The Hall–Kier alpha value is -1.67. The lowest BCUT2D eigenvalue weighted by atomic mass is 9.99. The summed E-state index contributed by atoms with van der Waals surface area (Å²) in [5.74, 6) is 0. The lowest BCUT2D eigenvalue weighted by Crippen LogP contribution is -2.23. The molecule has 2 rings (SSSR count). The van der Waals surface area contributed by atoms with Crippen LogP contribution < -0.4 is 5.32 Å². The molecule has 1 aromatic carbocycles. The molecular formula is C18H24N2. The number of aromatic nitrogens is 1. The van der Waals surface area contributed by atoms with E-state index in [0.29, 0.717) is 6.04 Å². The molecule has 0 bridgehead atoms. The second kappa shape index (κ2) is 7.81. The number of hydrogen-bond acceptors (Lipinski definition) is 2. The van der Waals surface area contributed by atoms with Gasteiger partial charge in [0.05, 0.1) is 0 Å². The van der Waals surface area contributed by atoms with E-state index in [1.54, 1.807) is 0 Å². The number of aryl methyl sites for hydroxylation is 2. The molecular weight excluding hydrogens is 244 g/mol. The van der Waals surface area contributed by atoms with E-state index in [-0.39, 0.29) is 0 Å². The Morgan fingerprint density at radius 2 is 1.95 bits per heavy atom. The molecule has 1 heterocycles. The second-order valence-corrected chi connectivity index (χ2v) is 5.26. The normalized spacial score (nSPS) is 12.3. The molecule has 0 aliphatic heterocycles. The fourth-order valence-corrected chi connectivity index (χ4v) is 2.45. The highest BCUT2D eigenvalue weighted by atomic mass is 14.9. The second-order valence-electron chi connectivity index (χ2n) is 5.26. The van der Waals surface area contributed by atoms with Crippen molar-refractivity contribution in [1.82, 2.24) is 10.3 Å². The molecule has 20 heavy (non-hydrogen) atoms. The SMILES string of the molecule is CCCNC(CCc1ccccc1)c1ccnc(C)c1. The van der Waals surface area contributed by atoms with E-state index in [1.807, 2.05) is 6.20 Å². The van der Waals surface area contributed by atoms with Crippen LogP contribution in [0.4, 0.5) is 0 Å². The summed E-state index contributed by atoms with van der Waals surface area (Å²) < 4.78 is 0. The number of benzene rings is 1. The maximum Gasteiger partial charge on any atom is 0.0375 e. The van der Waals surface area contributed by atoms with Gasteiger partial charge in [-0.25, -0.2) is 0 Å². The van der Waals surface area contributed by atoms with Crippen LogP contribution >= 0.6 is 0 Å². The van der Waals surface area contributed by atoms with Gasteiger partial charge in [0.2, 0.25) is 0 Å². The van der Waals surface area contributed by atoms with Gasteiger partial charge in [0.15, 0.2) is 0 Å². The molecule has 1 aromatic heterocycles. The van der Waals surface area contributed by atoms with Crippen LogP contribution in [0.5, 0.6) is 0 Å². The third-order valence-corrected chi connectivity index (χ3v) is 3.53. The molecule has 2 nitrogen and oxygen atoms in total. The van der Waals surface area contributed by atoms with Gasteiger partial charge < -0.3 is 5.32 Å². The van der Waals surface area contributed by atoms with E-state index in [2.05, 4.69) is 66.6 Å². The lowest BCUT2D eigenvalue weighted by molar-refractivity contribution is 0.498. The largest absolute Gasteiger partial charge is 0.310 e. The van der Waals surface area contributed by atoms with Crippen LogP contribution in [-0.2, 0) is 6.42 Å². The molecule has 106 valence electrons. The summed E-state index contributed by atoms with van der Waals surface area (Å²) in [4.78, 5) is 4.29. The van der Waals surface area contributed by atoms with Gasteiger partial charge in [-0.15, -0.1) is 0 Å². The van der Waals surface area contributed by atoms with Crippen molar-refractivity contribution in [3.8, 4) is 0 Å². The predicted octanol–water partition coefficient (Wildman–Crippen LogP) is 4.06. The van der Waals surface area contributed by atoms with E-state index in [1.165, 1.54) is 11.1 Å². The molecule has 0 spiro atoms. The third-order valence-electron chi connectivity index (χ3n) is 3.53. The number of hydrogen-bond donors (Lipinski definition) is 1. The minimum atomic E-state index is 0.414. The highest BCUT2D eigenvalue weighted by Crippen LogP contribution is 2.19. The maximum absolute atomic E-state index is 4.29. The molecule has 0 aliphatic rings. The van der Waals surface area contributed by atoms with Crippen molar-refractivity contribution in [3.05, 3.63) is 65.5 Å². The summed E-state index contributed by atoms with van der Waals surface area (Å²) in [6.07, 6.45) is 5.29. The molecule has 0 saturated carbocycles. The number of rotatable bonds is 7. The van der Waals surface area contributed by atoms with Gasteiger partial charge in [0, 0.05) is 17.9 Å². The Kier molecular flexibility index (Phi) is 5.75. The highest BCUT2D eigenvalue weighted by Gasteiger charge is 2.11. The van der Waals surface area contributed by atoms with Crippen LogP contribution in [0.1, 0.15) is 42.6 Å². The monoisotopic (exact) mass is 268 g/mol. The molecule has 2 aromatic rings. The topological polar surface area (TPSA) is 24.9 Å². The van der Waals surface area contributed by atoms with Crippen molar-refractivity contribution < 1.29 is 0 Å². The molecule has 1 N–H and O–H groups in total. The van der Waals surface area contributed by atoms with Gasteiger partial charge in [0.1, 0.15) is 0 Å². The Bertz CT molecular complexity index is 508. The average Bonchev–Trinajstić information content (AvgIpc) is 2.48. The molecule has 0 fully saturated rings. The fourth-order valence-electron chi connectivity index (χ4n) is 2.45. The van der Waals surface area contributed by atoms with Crippen LogP contribution in [0, 0.1) is 6.92 Å². The van der Waals surface area contributed by atoms with E-state index < -0.39 is 0 Å². The Morgan fingerprint density at radius 3 is 2.65 bits per heavy atom. The van der Waals surface area contributed by atoms with Gasteiger partial charge >= 0.3 is 0 Å². The van der Waals surface area contributed by atoms with Crippen molar-refractivity contribution in [1.29, 1.82) is 0 Å². The average molecular weight is 268 g/mol. The summed E-state index contributed by atoms with van der Waals surface area (Å²) in [6.45, 7) is 5.32. The Balaban J connectivity index is 2.03. The van der Waals surface area contributed by atoms with E-state index in [4.69, 9.17) is 0 Å². The molecule has 1 unspecified atom stereocenters. The Morgan fingerprint density at radius 1 is 1.15 bits per heavy atom. The van der Waals surface area contributed by atoms with Gasteiger partial charge in [-0.1, -0.05) is 37.3 Å². The number of pyridine rings is 1. The standard InChI is InChI=1S/C18H24N2/c1-3-12-20-18(17-11-13-19-15(2)14-17)10-9-16-7-5-4-6-8-16/h4-8,11,13-14,18,20H,3,9-10,12H2,1-2H3. The molecule has 0 aliphatic carbocycles. The zero-order valence-electron chi connectivity index (χ0n) is 12.5. The van der Waals surface area contributed by atoms with Crippen molar-refractivity contribution in [2.24, 2.45) is 0 Å². The third kappa shape index (κ3) is 4.46. The highest BCUT2D eigenvalue weighted by molar-refractivity contribution is 5.21. The number of nitrogens with zero attached hydrogens (tertiary/aromatic N) is 1. The van der Waals surface area contributed by atoms with Gasteiger partial charge in [-0.3, -0.25) is 4.98 Å². The minimum absolute atomic E-state index is 0.414. The van der Waals surface area contributed by atoms with Crippen molar-refractivity contribution >= 4 is 0 Å². The zero-order chi connectivity index (χ0) is 14.2. The van der Waals surface area contributed by atoms with E-state index in [0.717, 1.165) is 31.5 Å². The minimum Gasteiger partial charge on any atom is -0.310 e. The van der Waals surface area contributed by atoms with Crippen molar-refractivity contribution in [2.45, 2.75) is 39.2 Å². The van der Waals surface area contributed by atoms with E-state index >= 15 is 0 Å². The predicted molar refractivity (Wildman–Crippen MR) is 84.8 cm³/mol. The molecule has 0 radical (unpaired) electrons. The summed E-state index contributed by atoms with van der Waals surface area (Å²) in [5, 5.41) is 3.66. The smallest absolute Gasteiger partial charge is 0.0375 e. The van der Waals surface area contributed by atoms with Crippen LogP contribution in [0.2, 0.25) is 0 Å². The van der Waals surface area contributed by atoms with Crippen molar-refractivity contribution in [3.63, 3.8) is 0 Å². The van der Waals surface area contributed by atoms with Crippen molar-refractivity contribution in [2.75, 3.05) is 6.54 Å². The first kappa shape index (κ1) is 14.7. The van der Waals surface area contributed by atoms with Crippen LogP contribution in [-0.4, -0.2) is 11.5 Å². The summed E-state index contributed by atoms with van der Waals surface area (Å²) >= 11 is 0. The van der Waals surface area contributed by atoms with E-state index in [9.17, 15) is 0 Å². The first-order valence-electron chi connectivity index (χ1n) is 7.49. The van der Waals surface area contributed by atoms with Crippen LogP contribution in [0.15, 0.2) is 48.7 Å². The van der Waals surface area contributed by atoms with Gasteiger partial charge in [-0.2, -0.15) is 0 Å². The zero-order valence-corrected chi connectivity index (χ0v) is 12.5. The fraction of sp³-hybridized carbons (Fsp3) is 0.389.